The molecule has 0 aliphatic carbocycles. The first-order valence-corrected chi connectivity index (χ1v) is 9.68. The molecule has 4 rings (SSSR count). The summed E-state index contributed by atoms with van der Waals surface area (Å²) in [6, 6.07) is 18.0. The molecule has 4 aromatic rings. The van der Waals surface area contributed by atoms with Crippen LogP contribution in [0.4, 0.5) is 0 Å². The highest BCUT2D eigenvalue weighted by atomic mass is 16.4. The lowest BCUT2D eigenvalue weighted by Gasteiger charge is -2.07. The number of carbonyl (C=O) groups excluding carboxylic acids is 1. The minimum atomic E-state index is -0.0340. The number of para-hydroxylation sites is 1. The molecule has 0 atom stereocenters. The zero-order valence-electron chi connectivity index (χ0n) is 16.3. The normalized spacial score (nSPS) is 10.9. The Balaban J connectivity index is 1.27. The van der Waals surface area contributed by atoms with E-state index in [4.69, 9.17) is 4.42 Å². The first kappa shape index (κ1) is 18.8. The van der Waals surface area contributed by atoms with Crippen LogP contribution in [0.2, 0.25) is 0 Å². The maximum Gasteiger partial charge on any atom is 0.247 e. The molecule has 0 bridgehead atoms. The third kappa shape index (κ3) is 4.66. The van der Waals surface area contributed by atoms with Gasteiger partial charge in [-0.1, -0.05) is 42.0 Å². The predicted molar refractivity (Wildman–Crippen MR) is 111 cm³/mol. The van der Waals surface area contributed by atoms with Crippen LogP contribution in [0, 0.1) is 6.92 Å². The second-order valence-electron chi connectivity index (χ2n) is 6.96. The highest BCUT2D eigenvalue weighted by Gasteiger charge is 2.11. The van der Waals surface area contributed by atoms with E-state index in [1.54, 1.807) is 6.20 Å². The maximum atomic E-state index is 12.2. The number of carbonyl (C=O) groups is 1. The number of rotatable bonds is 7. The molecule has 0 spiro atoms. The Labute approximate surface area is 169 Å². The fourth-order valence-electron chi connectivity index (χ4n) is 3.18. The van der Waals surface area contributed by atoms with Gasteiger partial charge in [0.2, 0.25) is 17.7 Å². The summed E-state index contributed by atoms with van der Waals surface area (Å²) >= 11 is 0. The standard InChI is InChI=1S/C23H22N4O2/c1-16-7-9-19(10-8-16)23-27-26-21(29-23)12-11-20(28)24-15-13-18-5-2-4-17-6-3-14-25-22(17)18/h2-10,14H,11-13,15H2,1H3,(H,24,28). The lowest BCUT2D eigenvalue weighted by Crippen LogP contribution is -2.26. The Hall–Kier alpha value is -3.54. The molecule has 2 aromatic heterocycles. The number of nitrogens with zero attached hydrogens (tertiary/aromatic N) is 3. The molecular formula is C23H22N4O2. The topological polar surface area (TPSA) is 80.9 Å². The average molecular weight is 386 g/mol. The molecule has 0 saturated heterocycles. The Morgan fingerprint density at radius 2 is 1.83 bits per heavy atom. The number of aryl methyl sites for hydroxylation is 2. The molecule has 0 radical (unpaired) electrons. The Morgan fingerprint density at radius 3 is 2.69 bits per heavy atom. The highest BCUT2D eigenvalue weighted by molar-refractivity contribution is 5.81. The summed E-state index contributed by atoms with van der Waals surface area (Å²) in [4.78, 5) is 16.6. The van der Waals surface area contributed by atoms with Crippen LogP contribution in [-0.4, -0.2) is 27.6 Å². The van der Waals surface area contributed by atoms with Crippen molar-refractivity contribution in [2.75, 3.05) is 6.54 Å². The molecule has 0 aliphatic heterocycles. The maximum absolute atomic E-state index is 12.2. The van der Waals surface area contributed by atoms with Crippen molar-refractivity contribution in [2.24, 2.45) is 0 Å². The van der Waals surface area contributed by atoms with Crippen molar-refractivity contribution in [3.8, 4) is 11.5 Å². The first-order chi connectivity index (χ1) is 14.2. The molecule has 146 valence electrons. The van der Waals surface area contributed by atoms with Gasteiger partial charge in [-0.2, -0.15) is 0 Å². The molecular weight excluding hydrogens is 364 g/mol. The van der Waals surface area contributed by atoms with E-state index in [-0.39, 0.29) is 5.91 Å². The van der Waals surface area contributed by atoms with Gasteiger partial charge in [0, 0.05) is 36.5 Å². The molecule has 2 aromatic carbocycles. The van der Waals surface area contributed by atoms with Crippen LogP contribution in [0.1, 0.15) is 23.4 Å². The number of pyridine rings is 1. The highest BCUT2D eigenvalue weighted by Crippen LogP contribution is 2.19. The molecule has 1 amide bonds. The third-order valence-corrected chi connectivity index (χ3v) is 4.76. The summed E-state index contributed by atoms with van der Waals surface area (Å²) in [5.41, 5.74) is 4.16. The largest absolute Gasteiger partial charge is 0.421 e. The molecule has 0 fully saturated rings. The lowest BCUT2D eigenvalue weighted by molar-refractivity contribution is -0.121. The molecule has 6 heteroatoms. The SMILES string of the molecule is Cc1ccc(-c2nnc(CCC(=O)NCCc3cccc4cccnc34)o2)cc1. The minimum Gasteiger partial charge on any atom is -0.421 e. The number of amides is 1. The van der Waals surface area contributed by atoms with Gasteiger partial charge in [0.15, 0.2) is 0 Å². The van der Waals surface area contributed by atoms with Gasteiger partial charge in [0.1, 0.15) is 0 Å². The quantitative estimate of drug-likeness (QED) is 0.521. The van der Waals surface area contributed by atoms with Gasteiger partial charge in [-0.3, -0.25) is 9.78 Å². The van der Waals surface area contributed by atoms with E-state index >= 15 is 0 Å². The molecule has 0 unspecified atom stereocenters. The van der Waals surface area contributed by atoms with Crippen molar-refractivity contribution in [2.45, 2.75) is 26.2 Å². The van der Waals surface area contributed by atoms with E-state index in [9.17, 15) is 4.79 Å². The van der Waals surface area contributed by atoms with Crippen molar-refractivity contribution in [3.05, 3.63) is 77.8 Å². The summed E-state index contributed by atoms with van der Waals surface area (Å²) in [5.74, 6) is 0.908. The van der Waals surface area contributed by atoms with Gasteiger partial charge in [-0.05, 0) is 37.1 Å². The second kappa shape index (κ2) is 8.65. The fraction of sp³-hybridized carbons (Fsp3) is 0.217. The Bertz CT molecular complexity index is 1110. The van der Waals surface area contributed by atoms with E-state index in [0.29, 0.717) is 31.2 Å². The summed E-state index contributed by atoms with van der Waals surface area (Å²) in [6.45, 7) is 2.59. The molecule has 0 aliphatic rings. The van der Waals surface area contributed by atoms with E-state index in [1.165, 1.54) is 5.56 Å². The zero-order chi connectivity index (χ0) is 20.1. The molecule has 6 nitrogen and oxygen atoms in total. The van der Waals surface area contributed by atoms with E-state index in [1.807, 2.05) is 61.5 Å². The number of fused-ring (bicyclic) bond motifs is 1. The van der Waals surface area contributed by atoms with Gasteiger partial charge in [-0.15, -0.1) is 10.2 Å². The number of benzene rings is 2. The van der Waals surface area contributed by atoms with Crippen LogP contribution >= 0.6 is 0 Å². The monoisotopic (exact) mass is 386 g/mol. The van der Waals surface area contributed by atoms with Crippen LogP contribution in [-0.2, 0) is 17.6 Å². The lowest BCUT2D eigenvalue weighted by atomic mass is 10.1. The summed E-state index contributed by atoms with van der Waals surface area (Å²) in [5, 5.41) is 12.2. The second-order valence-corrected chi connectivity index (χ2v) is 6.96. The molecule has 0 saturated carbocycles. The fourth-order valence-corrected chi connectivity index (χ4v) is 3.18. The van der Waals surface area contributed by atoms with Gasteiger partial charge in [0.25, 0.3) is 0 Å². The summed E-state index contributed by atoms with van der Waals surface area (Å²) in [7, 11) is 0. The molecule has 2 heterocycles. The smallest absolute Gasteiger partial charge is 0.247 e. The van der Waals surface area contributed by atoms with E-state index < -0.39 is 0 Å². The van der Waals surface area contributed by atoms with Crippen LogP contribution in [0.5, 0.6) is 0 Å². The predicted octanol–water partition coefficient (Wildman–Crippen LogP) is 3.88. The van der Waals surface area contributed by atoms with Crippen LogP contribution in [0.3, 0.4) is 0 Å². The van der Waals surface area contributed by atoms with Crippen LogP contribution in [0.25, 0.3) is 22.4 Å². The van der Waals surface area contributed by atoms with Crippen LogP contribution < -0.4 is 5.32 Å². The average Bonchev–Trinajstić information content (AvgIpc) is 3.22. The van der Waals surface area contributed by atoms with Gasteiger partial charge < -0.3 is 9.73 Å². The van der Waals surface area contributed by atoms with Crippen molar-refractivity contribution in [3.63, 3.8) is 0 Å². The number of hydrogen-bond acceptors (Lipinski definition) is 5. The van der Waals surface area contributed by atoms with Gasteiger partial charge in [0.05, 0.1) is 5.52 Å². The first-order valence-electron chi connectivity index (χ1n) is 9.68. The number of nitrogens with one attached hydrogen (secondary N) is 1. The van der Waals surface area contributed by atoms with Crippen molar-refractivity contribution in [1.82, 2.24) is 20.5 Å². The van der Waals surface area contributed by atoms with Crippen molar-refractivity contribution in [1.29, 1.82) is 0 Å². The zero-order valence-corrected chi connectivity index (χ0v) is 16.3. The van der Waals surface area contributed by atoms with Crippen molar-refractivity contribution >= 4 is 16.8 Å². The van der Waals surface area contributed by atoms with Gasteiger partial charge >= 0.3 is 0 Å². The molecule has 1 N–H and O–H groups in total. The Kier molecular flexibility index (Phi) is 5.61. The summed E-state index contributed by atoms with van der Waals surface area (Å²) < 4.78 is 5.67. The molecule has 29 heavy (non-hydrogen) atoms. The number of hydrogen-bond donors (Lipinski definition) is 1. The van der Waals surface area contributed by atoms with E-state index in [0.717, 1.165) is 28.5 Å². The third-order valence-electron chi connectivity index (χ3n) is 4.76. The van der Waals surface area contributed by atoms with Crippen molar-refractivity contribution < 1.29 is 9.21 Å². The van der Waals surface area contributed by atoms with E-state index in [2.05, 4.69) is 20.5 Å². The van der Waals surface area contributed by atoms with Crippen LogP contribution in [0.15, 0.2) is 65.2 Å². The Morgan fingerprint density at radius 1 is 1.00 bits per heavy atom. The van der Waals surface area contributed by atoms with Gasteiger partial charge in [-0.25, -0.2) is 0 Å². The minimum absolute atomic E-state index is 0.0340. The summed E-state index contributed by atoms with van der Waals surface area (Å²) in [6.07, 6.45) is 3.25. The number of aromatic nitrogens is 3.